The summed E-state index contributed by atoms with van der Waals surface area (Å²) in [4.78, 5) is 14.9. The largest absolute Gasteiger partial charge is 0.497 e. The minimum Gasteiger partial charge on any atom is -0.497 e. The molecular formula is C21H26N2O4. The summed E-state index contributed by atoms with van der Waals surface area (Å²) in [7, 11) is 3.23. The second-order valence-corrected chi connectivity index (χ2v) is 6.45. The maximum Gasteiger partial charge on any atom is 0.251 e. The third-order valence-corrected chi connectivity index (χ3v) is 4.76. The van der Waals surface area contributed by atoms with Crippen molar-refractivity contribution in [1.82, 2.24) is 5.32 Å². The summed E-state index contributed by atoms with van der Waals surface area (Å²) in [6, 6.07) is 13.0. The summed E-state index contributed by atoms with van der Waals surface area (Å²) in [6.45, 7) is 5.15. The lowest BCUT2D eigenvalue weighted by molar-refractivity contribution is 0.0939. The summed E-state index contributed by atoms with van der Waals surface area (Å²) in [5.74, 6) is 1.31. The van der Waals surface area contributed by atoms with Crippen molar-refractivity contribution in [2.45, 2.75) is 13.0 Å². The lowest BCUT2D eigenvalue weighted by atomic mass is 10.1. The highest BCUT2D eigenvalue weighted by atomic mass is 16.5. The number of benzene rings is 2. The molecule has 6 heteroatoms. The van der Waals surface area contributed by atoms with Gasteiger partial charge in [-0.3, -0.25) is 4.79 Å². The lowest BCUT2D eigenvalue weighted by Gasteiger charge is -2.28. The molecular weight excluding hydrogens is 344 g/mol. The molecule has 0 unspecified atom stereocenters. The minimum absolute atomic E-state index is 0.124. The van der Waals surface area contributed by atoms with Crippen LogP contribution in [0.3, 0.4) is 0 Å². The van der Waals surface area contributed by atoms with E-state index in [0.29, 0.717) is 11.3 Å². The number of nitrogens with zero attached hydrogens (tertiary/aromatic N) is 1. The Morgan fingerprint density at radius 1 is 1.07 bits per heavy atom. The Bertz CT molecular complexity index is 770. The maximum absolute atomic E-state index is 12.7. The standard InChI is InChI=1S/C21H26N2O4/c1-15(19-14-18(25-2)8-9-20(19)26-3)22-21(24)16-4-6-17(7-5-16)23-10-12-27-13-11-23/h4-9,14-15H,10-13H2,1-3H3,(H,22,24)/t15-/m0/s1. The zero-order valence-electron chi connectivity index (χ0n) is 16.0. The fourth-order valence-corrected chi connectivity index (χ4v) is 3.18. The molecule has 0 saturated carbocycles. The van der Waals surface area contributed by atoms with Crippen molar-refractivity contribution < 1.29 is 19.0 Å². The molecule has 1 fully saturated rings. The predicted octanol–water partition coefficient (Wildman–Crippen LogP) is 3.03. The molecule has 0 bridgehead atoms. The number of anilines is 1. The summed E-state index contributed by atoms with van der Waals surface area (Å²) in [6.07, 6.45) is 0. The number of carbonyl (C=O) groups is 1. The zero-order chi connectivity index (χ0) is 19.2. The molecule has 144 valence electrons. The van der Waals surface area contributed by atoms with Gasteiger partial charge in [0.2, 0.25) is 0 Å². The van der Waals surface area contributed by atoms with Crippen LogP contribution in [0.5, 0.6) is 11.5 Å². The number of carbonyl (C=O) groups excluding carboxylic acids is 1. The Morgan fingerprint density at radius 3 is 2.41 bits per heavy atom. The fourth-order valence-electron chi connectivity index (χ4n) is 3.18. The average Bonchev–Trinajstić information content (AvgIpc) is 2.73. The minimum atomic E-state index is -0.221. The first kappa shape index (κ1) is 19.0. The van der Waals surface area contributed by atoms with Crippen LogP contribution >= 0.6 is 0 Å². The van der Waals surface area contributed by atoms with Gasteiger partial charge < -0.3 is 24.4 Å². The summed E-state index contributed by atoms with van der Waals surface area (Å²) >= 11 is 0. The molecule has 1 heterocycles. The fraction of sp³-hybridized carbons (Fsp3) is 0.381. The van der Waals surface area contributed by atoms with Crippen molar-refractivity contribution in [1.29, 1.82) is 0 Å². The highest BCUT2D eigenvalue weighted by Gasteiger charge is 2.17. The lowest BCUT2D eigenvalue weighted by Crippen LogP contribution is -2.36. The highest BCUT2D eigenvalue weighted by Crippen LogP contribution is 2.29. The van der Waals surface area contributed by atoms with E-state index >= 15 is 0 Å². The van der Waals surface area contributed by atoms with Crippen molar-refractivity contribution in [3.63, 3.8) is 0 Å². The molecule has 1 N–H and O–H groups in total. The number of rotatable bonds is 6. The van der Waals surface area contributed by atoms with E-state index in [-0.39, 0.29) is 11.9 Å². The van der Waals surface area contributed by atoms with Gasteiger partial charge in [-0.2, -0.15) is 0 Å². The first-order valence-electron chi connectivity index (χ1n) is 9.08. The topological polar surface area (TPSA) is 60.0 Å². The second kappa shape index (κ2) is 8.77. The summed E-state index contributed by atoms with van der Waals surface area (Å²) in [5, 5.41) is 3.03. The van der Waals surface area contributed by atoms with Crippen molar-refractivity contribution in [3.05, 3.63) is 53.6 Å². The van der Waals surface area contributed by atoms with E-state index < -0.39 is 0 Å². The van der Waals surface area contributed by atoms with E-state index in [0.717, 1.165) is 43.3 Å². The van der Waals surface area contributed by atoms with Gasteiger partial charge in [-0.15, -0.1) is 0 Å². The molecule has 0 aromatic heterocycles. The molecule has 1 aliphatic heterocycles. The van der Waals surface area contributed by atoms with Crippen LogP contribution in [0.4, 0.5) is 5.69 Å². The number of hydrogen-bond acceptors (Lipinski definition) is 5. The first-order chi connectivity index (χ1) is 13.1. The van der Waals surface area contributed by atoms with Gasteiger partial charge in [0, 0.05) is 29.9 Å². The predicted molar refractivity (Wildman–Crippen MR) is 105 cm³/mol. The quantitative estimate of drug-likeness (QED) is 0.847. The number of nitrogens with one attached hydrogen (secondary N) is 1. The van der Waals surface area contributed by atoms with Crippen molar-refractivity contribution >= 4 is 11.6 Å². The third-order valence-electron chi connectivity index (χ3n) is 4.76. The smallest absolute Gasteiger partial charge is 0.251 e. The van der Waals surface area contributed by atoms with Gasteiger partial charge in [0.25, 0.3) is 5.91 Å². The Kier molecular flexibility index (Phi) is 6.19. The number of amides is 1. The van der Waals surface area contributed by atoms with Crippen LogP contribution in [0.15, 0.2) is 42.5 Å². The molecule has 6 nitrogen and oxygen atoms in total. The number of morpholine rings is 1. The molecule has 2 aromatic rings. The molecule has 1 amide bonds. The third kappa shape index (κ3) is 4.52. The number of methoxy groups -OCH3 is 2. The van der Waals surface area contributed by atoms with E-state index in [1.165, 1.54) is 0 Å². The average molecular weight is 370 g/mol. The van der Waals surface area contributed by atoms with Gasteiger partial charge >= 0.3 is 0 Å². The van der Waals surface area contributed by atoms with Crippen molar-refractivity contribution in [2.75, 3.05) is 45.4 Å². The molecule has 0 spiro atoms. The van der Waals surface area contributed by atoms with E-state index in [1.807, 2.05) is 49.4 Å². The highest BCUT2D eigenvalue weighted by molar-refractivity contribution is 5.94. The molecule has 1 saturated heterocycles. The first-order valence-corrected chi connectivity index (χ1v) is 9.08. The van der Waals surface area contributed by atoms with Gasteiger partial charge in [0.05, 0.1) is 33.5 Å². The summed E-state index contributed by atoms with van der Waals surface area (Å²) < 4.78 is 16.1. The SMILES string of the molecule is COc1ccc(OC)c([C@H](C)NC(=O)c2ccc(N3CCOCC3)cc2)c1. The molecule has 27 heavy (non-hydrogen) atoms. The van der Waals surface area contributed by atoms with Crippen LogP contribution in [0.25, 0.3) is 0 Å². The Balaban J connectivity index is 1.69. The molecule has 2 aromatic carbocycles. The van der Waals surface area contributed by atoms with Crippen LogP contribution < -0.4 is 19.7 Å². The van der Waals surface area contributed by atoms with Gasteiger partial charge in [0.15, 0.2) is 0 Å². The van der Waals surface area contributed by atoms with E-state index in [1.54, 1.807) is 14.2 Å². The summed E-state index contributed by atoms with van der Waals surface area (Å²) in [5.41, 5.74) is 2.60. The number of ether oxygens (including phenoxy) is 3. The normalized spacial score (nSPS) is 15.1. The molecule has 3 rings (SSSR count). The van der Waals surface area contributed by atoms with E-state index in [9.17, 15) is 4.79 Å². The van der Waals surface area contributed by atoms with Crippen LogP contribution in [-0.2, 0) is 4.74 Å². The Hall–Kier alpha value is -2.73. The second-order valence-electron chi connectivity index (χ2n) is 6.45. The van der Waals surface area contributed by atoms with Gasteiger partial charge in [-0.1, -0.05) is 0 Å². The van der Waals surface area contributed by atoms with Gasteiger partial charge in [0.1, 0.15) is 11.5 Å². The van der Waals surface area contributed by atoms with Crippen LogP contribution in [0, 0.1) is 0 Å². The number of hydrogen-bond donors (Lipinski definition) is 1. The van der Waals surface area contributed by atoms with Crippen LogP contribution in [0.1, 0.15) is 28.9 Å². The molecule has 1 aliphatic rings. The van der Waals surface area contributed by atoms with Gasteiger partial charge in [-0.05, 0) is 49.4 Å². The van der Waals surface area contributed by atoms with E-state index in [4.69, 9.17) is 14.2 Å². The Morgan fingerprint density at radius 2 is 1.78 bits per heavy atom. The Labute approximate surface area is 160 Å². The maximum atomic E-state index is 12.7. The monoisotopic (exact) mass is 370 g/mol. The van der Waals surface area contributed by atoms with Crippen molar-refractivity contribution in [3.8, 4) is 11.5 Å². The van der Waals surface area contributed by atoms with Gasteiger partial charge in [-0.25, -0.2) is 0 Å². The molecule has 1 atom stereocenters. The molecule has 0 radical (unpaired) electrons. The van der Waals surface area contributed by atoms with Crippen LogP contribution in [0.2, 0.25) is 0 Å². The zero-order valence-corrected chi connectivity index (χ0v) is 16.0. The molecule has 0 aliphatic carbocycles. The van der Waals surface area contributed by atoms with E-state index in [2.05, 4.69) is 10.2 Å². The van der Waals surface area contributed by atoms with Crippen LogP contribution in [-0.4, -0.2) is 46.4 Å². The van der Waals surface area contributed by atoms with Crippen molar-refractivity contribution in [2.24, 2.45) is 0 Å².